The predicted octanol–water partition coefficient (Wildman–Crippen LogP) is -2.10. The van der Waals surface area contributed by atoms with Crippen LogP contribution in [0.25, 0.3) is 0 Å². The summed E-state index contributed by atoms with van der Waals surface area (Å²) >= 11 is 0. The average molecular weight is 185 g/mol. The van der Waals surface area contributed by atoms with Gasteiger partial charge < -0.3 is 15.9 Å². The molecule has 11 heavy (non-hydrogen) atoms. The van der Waals surface area contributed by atoms with Crippen molar-refractivity contribution in [1.82, 2.24) is 0 Å². The van der Waals surface area contributed by atoms with Gasteiger partial charge in [0.1, 0.15) is 0 Å². The Labute approximate surface area is 64.4 Å². The second kappa shape index (κ2) is 3.98. The van der Waals surface area contributed by atoms with Gasteiger partial charge in [-0.3, -0.25) is 4.55 Å². The van der Waals surface area contributed by atoms with Crippen LogP contribution in [0.1, 0.15) is 6.42 Å². The van der Waals surface area contributed by atoms with Crippen molar-refractivity contribution in [2.45, 2.75) is 18.8 Å². The fraction of sp³-hybridized carbons (Fsp3) is 1.00. The van der Waals surface area contributed by atoms with Crippen LogP contribution in [-0.4, -0.2) is 41.3 Å². The van der Waals surface area contributed by atoms with Gasteiger partial charge in [-0.25, -0.2) is 0 Å². The molecule has 0 saturated carbocycles. The summed E-state index contributed by atoms with van der Waals surface area (Å²) in [5.74, 6) is -0.662. The van der Waals surface area contributed by atoms with Crippen LogP contribution in [-0.2, 0) is 10.1 Å². The summed E-state index contributed by atoms with van der Waals surface area (Å²) in [6, 6.07) is -0.954. The van der Waals surface area contributed by atoms with Crippen LogP contribution in [0.15, 0.2) is 0 Å². The number of nitrogens with two attached hydrogens (primary N) is 1. The number of aliphatic hydroxyl groups excluding tert-OH is 1. The Morgan fingerprint density at radius 1 is 1.36 bits per heavy atom. The van der Waals surface area contributed by atoms with Crippen molar-refractivity contribution < 1.29 is 23.2 Å². The van der Waals surface area contributed by atoms with E-state index in [1.54, 1.807) is 0 Å². The molecule has 68 valence electrons. The summed E-state index contributed by atoms with van der Waals surface area (Å²) in [5.41, 5.74) is 5.10. The van der Waals surface area contributed by atoms with Gasteiger partial charge in [-0.15, -0.1) is 0 Å². The summed E-state index contributed by atoms with van der Waals surface area (Å²) in [4.78, 5) is 0. The highest BCUT2D eigenvalue weighted by atomic mass is 32.2. The Balaban J connectivity index is 3.80. The van der Waals surface area contributed by atoms with Gasteiger partial charge in [0.25, 0.3) is 10.1 Å². The monoisotopic (exact) mass is 185 g/mol. The van der Waals surface area contributed by atoms with Gasteiger partial charge >= 0.3 is 0 Å². The highest BCUT2D eigenvalue weighted by Crippen LogP contribution is 1.95. The minimum absolute atomic E-state index is 0.278. The minimum Gasteiger partial charge on any atom is -0.368 e. The maximum atomic E-state index is 10.1. The third-order valence-corrected chi connectivity index (χ3v) is 1.79. The normalized spacial score (nSPS) is 15.4. The molecule has 0 heterocycles. The van der Waals surface area contributed by atoms with Crippen LogP contribution >= 0.6 is 0 Å². The highest BCUT2D eigenvalue weighted by Gasteiger charge is 2.14. The highest BCUT2D eigenvalue weighted by molar-refractivity contribution is 7.85. The molecule has 1 unspecified atom stereocenters. The van der Waals surface area contributed by atoms with Gasteiger partial charge in [-0.2, -0.15) is 8.42 Å². The van der Waals surface area contributed by atoms with Gasteiger partial charge in [0.15, 0.2) is 6.29 Å². The first-order chi connectivity index (χ1) is 4.81. The van der Waals surface area contributed by atoms with E-state index < -0.39 is 28.2 Å². The van der Waals surface area contributed by atoms with Crippen molar-refractivity contribution in [1.29, 1.82) is 0 Å². The third kappa shape index (κ3) is 7.69. The molecule has 0 aliphatic heterocycles. The zero-order chi connectivity index (χ0) is 9.07. The topological polar surface area (TPSA) is 121 Å². The van der Waals surface area contributed by atoms with E-state index in [4.69, 9.17) is 20.5 Å². The van der Waals surface area contributed by atoms with E-state index >= 15 is 0 Å². The zero-order valence-electron chi connectivity index (χ0n) is 5.71. The quantitative estimate of drug-likeness (QED) is 0.294. The molecule has 0 aromatic heterocycles. The summed E-state index contributed by atoms with van der Waals surface area (Å²) < 4.78 is 28.5. The molecular weight excluding hydrogens is 174 g/mol. The molecule has 0 aromatic rings. The zero-order valence-corrected chi connectivity index (χ0v) is 6.53. The van der Waals surface area contributed by atoms with Crippen LogP contribution in [0.2, 0.25) is 0 Å². The molecular formula is C4H11NO5S. The molecule has 5 N–H and O–H groups in total. The number of hydrogen-bond acceptors (Lipinski definition) is 5. The molecule has 6 nitrogen and oxygen atoms in total. The molecule has 0 fully saturated rings. The van der Waals surface area contributed by atoms with Gasteiger partial charge in [-0.1, -0.05) is 0 Å². The molecule has 0 radical (unpaired) electrons. The van der Waals surface area contributed by atoms with Crippen molar-refractivity contribution >= 4 is 10.1 Å². The van der Waals surface area contributed by atoms with Gasteiger partial charge in [0.05, 0.1) is 5.75 Å². The van der Waals surface area contributed by atoms with Gasteiger partial charge in [0.2, 0.25) is 0 Å². The molecule has 0 aromatic carbocycles. The first kappa shape index (κ1) is 10.8. The lowest BCUT2D eigenvalue weighted by molar-refractivity contribution is -0.0480. The smallest absolute Gasteiger partial charge is 0.266 e. The van der Waals surface area contributed by atoms with E-state index in [1.807, 2.05) is 0 Å². The fourth-order valence-corrected chi connectivity index (χ4v) is 1.29. The van der Waals surface area contributed by atoms with Gasteiger partial charge in [-0.05, 0) is 0 Å². The molecule has 0 saturated heterocycles. The molecule has 0 rings (SSSR count). The van der Waals surface area contributed by atoms with Crippen molar-refractivity contribution in [3.8, 4) is 0 Å². The van der Waals surface area contributed by atoms with Crippen molar-refractivity contribution in [3.63, 3.8) is 0 Å². The lowest BCUT2D eigenvalue weighted by Gasteiger charge is -2.09. The maximum Gasteiger partial charge on any atom is 0.266 e. The van der Waals surface area contributed by atoms with E-state index in [2.05, 4.69) is 0 Å². The lowest BCUT2D eigenvalue weighted by Crippen LogP contribution is -2.33. The van der Waals surface area contributed by atoms with Crippen LogP contribution in [0.4, 0.5) is 0 Å². The van der Waals surface area contributed by atoms with Crippen LogP contribution in [0.5, 0.6) is 0 Å². The number of hydrogen-bond donors (Lipinski definition) is 4. The van der Waals surface area contributed by atoms with Gasteiger partial charge in [0, 0.05) is 12.5 Å². The summed E-state index contributed by atoms with van der Waals surface area (Å²) in [5, 5.41) is 16.6. The van der Waals surface area contributed by atoms with Crippen molar-refractivity contribution in [2.24, 2.45) is 5.73 Å². The van der Waals surface area contributed by atoms with E-state index in [9.17, 15) is 8.42 Å². The van der Waals surface area contributed by atoms with Crippen molar-refractivity contribution in [3.05, 3.63) is 0 Å². The average Bonchev–Trinajstić information content (AvgIpc) is 1.53. The third-order valence-electron chi connectivity index (χ3n) is 0.938. The Morgan fingerprint density at radius 2 is 1.82 bits per heavy atom. The van der Waals surface area contributed by atoms with Crippen LogP contribution < -0.4 is 5.73 Å². The molecule has 0 bridgehead atoms. The Kier molecular flexibility index (Phi) is 3.90. The molecule has 1 atom stereocenters. The van der Waals surface area contributed by atoms with E-state index in [-0.39, 0.29) is 6.42 Å². The Bertz CT molecular complexity index is 199. The first-order valence-electron chi connectivity index (χ1n) is 2.88. The predicted molar refractivity (Wildman–Crippen MR) is 37.2 cm³/mol. The Hall–Kier alpha value is -0.210. The van der Waals surface area contributed by atoms with Crippen LogP contribution in [0, 0.1) is 0 Å². The number of aliphatic hydroxyl groups is 2. The maximum absolute atomic E-state index is 10.1. The molecule has 0 aliphatic rings. The van der Waals surface area contributed by atoms with E-state index in [0.29, 0.717) is 0 Å². The lowest BCUT2D eigenvalue weighted by atomic mass is 10.2. The summed E-state index contributed by atoms with van der Waals surface area (Å²) in [7, 11) is -4.12. The fourth-order valence-electron chi connectivity index (χ4n) is 0.609. The summed E-state index contributed by atoms with van der Waals surface area (Å²) in [6.45, 7) is 0. The minimum atomic E-state index is -4.12. The Morgan fingerprint density at radius 3 is 2.09 bits per heavy atom. The summed E-state index contributed by atoms with van der Waals surface area (Å²) in [6.07, 6.45) is -1.92. The number of rotatable bonds is 4. The molecule has 0 amide bonds. The van der Waals surface area contributed by atoms with Crippen molar-refractivity contribution in [2.75, 3.05) is 5.75 Å². The van der Waals surface area contributed by atoms with Crippen LogP contribution in [0.3, 0.4) is 0 Å². The SMILES string of the molecule is NC(CC(O)O)CS(=O)(=O)O. The molecule has 0 aliphatic carbocycles. The largest absolute Gasteiger partial charge is 0.368 e. The van der Waals surface area contributed by atoms with E-state index in [0.717, 1.165) is 0 Å². The first-order valence-corrected chi connectivity index (χ1v) is 4.49. The second-order valence-electron chi connectivity index (χ2n) is 2.22. The molecule has 7 heteroatoms. The van der Waals surface area contributed by atoms with E-state index in [1.165, 1.54) is 0 Å². The second-order valence-corrected chi connectivity index (χ2v) is 3.72. The standard InChI is InChI=1S/C4H11NO5S/c5-3(1-4(6)7)2-11(8,9)10/h3-4,6-7H,1-2,5H2,(H,8,9,10). The molecule has 0 spiro atoms.